The van der Waals surface area contributed by atoms with E-state index in [9.17, 15) is 18.0 Å². The summed E-state index contributed by atoms with van der Waals surface area (Å²) in [7, 11) is -2.38. The van der Waals surface area contributed by atoms with Gasteiger partial charge in [0.1, 0.15) is 18.1 Å². The zero-order valence-corrected chi connectivity index (χ0v) is 32.6. The maximum absolute atomic E-state index is 14.4. The van der Waals surface area contributed by atoms with E-state index in [2.05, 4.69) is 51.4 Å². The van der Waals surface area contributed by atoms with Crippen LogP contribution in [0.1, 0.15) is 53.9 Å². The number of unbranched alkanes of at least 4 members (excludes halogenated alkanes) is 1. The number of aromatic nitrogens is 1. The topological polar surface area (TPSA) is 136 Å². The number of likely N-dealkylation sites (tertiary alicyclic amines) is 1. The number of hydrogen-bond donors (Lipinski definition) is 2. The Labute approximate surface area is 333 Å². The van der Waals surface area contributed by atoms with E-state index in [0.29, 0.717) is 6.61 Å². The van der Waals surface area contributed by atoms with E-state index >= 15 is 0 Å². The van der Waals surface area contributed by atoms with Gasteiger partial charge in [-0.05, 0) is 72.2 Å². The van der Waals surface area contributed by atoms with Crippen LogP contribution in [0.3, 0.4) is 0 Å². The molecule has 8 rings (SSSR count). The molecule has 294 valence electrons. The summed E-state index contributed by atoms with van der Waals surface area (Å²) in [6.45, 7) is 1.06. The minimum absolute atomic E-state index is 0.0219. The molecule has 3 heterocycles. The van der Waals surface area contributed by atoms with Gasteiger partial charge >= 0.3 is 6.09 Å². The Morgan fingerprint density at radius 3 is 2.11 bits per heavy atom. The van der Waals surface area contributed by atoms with E-state index < -0.39 is 33.5 Å². The number of rotatable bonds is 13. The smallest absolute Gasteiger partial charge is 0.409 e. The largest absolute Gasteiger partial charge is 0.457 e. The molecule has 2 aliphatic heterocycles. The molecule has 11 nitrogen and oxygen atoms in total. The van der Waals surface area contributed by atoms with Crippen molar-refractivity contribution in [1.29, 1.82) is 0 Å². The molecule has 0 saturated carbocycles. The van der Waals surface area contributed by atoms with Crippen LogP contribution < -0.4 is 14.8 Å². The fourth-order valence-electron chi connectivity index (χ4n) is 8.76. The average molecular weight is 787 g/mol. The minimum atomic E-state index is -4.07. The third-order valence-corrected chi connectivity index (χ3v) is 12.9. The molecule has 57 heavy (non-hydrogen) atoms. The Morgan fingerprint density at radius 2 is 1.46 bits per heavy atom. The number of pyridine rings is 1. The monoisotopic (exact) mass is 786 g/mol. The zero-order valence-electron chi connectivity index (χ0n) is 31.8. The van der Waals surface area contributed by atoms with Crippen LogP contribution in [-0.2, 0) is 29.7 Å². The van der Waals surface area contributed by atoms with E-state index in [4.69, 9.17) is 14.2 Å². The second-order valence-electron chi connectivity index (χ2n) is 15.0. The number of nitrogens with one attached hydrogen (secondary N) is 2. The fourth-order valence-corrected chi connectivity index (χ4v) is 9.95. The number of carbonyl (C=O) groups excluding carboxylic acids is 2. The second kappa shape index (κ2) is 16.5. The van der Waals surface area contributed by atoms with Crippen molar-refractivity contribution in [1.82, 2.24) is 19.9 Å². The number of sulfonamides is 1. The molecule has 2 N–H and O–H groups in total. The molecule has 12 heteroatoms. The van der Waals surface area contributed by atoms with Crippen molar-refractivity contribution in [2.45, 2.75) is 48.1 Å². The van der Waals surface area contributed by atoms with Crippen molar-refractivity contribution in [2.24, 2.45) is 5.92 Å². The maximum Gasteiger partial charge on any atom is 0.409 e. The van der Waals surface area contributed by atoms with Crippen LogP contribution in [0.5, 0.6) is 11.5 Å². The van der Waals surface area contributed by atoms with Gasteiger partial charge in [-0.15, -0.1) is 0 Å². The van der Waals surface area contributed by atoms with Gasteiger partial charge < -0.3 is 24.4 Å². The highest BCUT2D eigenvalue weighted by Crippen LogP contribution is 2.50. The average Bonchev–Trinajstić information content (AvgIpc) is 3.56. The Bertz CT molecular complexity index is 2260. The fraction of sp³-hybridized carbons (Fsp3) is 0.311. The molecule has 0 spiro atoms. The van der Waals surface area contributed by atoms with Crippen LogP contribution in [0.4, 0.5) is 4.79 Å². The van der Waals surface area contributed by atoms with Crippen LogP contribution in [0.15, 0.2) is 126 Å². The van der Waals surface area contributed by atoms with E-state index in [-0.39, 0.29) is 49.5 Å². The van der Waals surface area contributed by atoms with Crippen LogP contribution in [0.25, 0.3) is 11.1 Å². The molecular formula is C45H46N4O7S. The molecule has 3 aliphatic rings. The van der Waals surface area contributed by atoms with Crippen molar-refractivity contribution >= 4 is 22.0 Å². The Hall–Kier alpha value is -5.56. The second-order valence-corrected chi connectivity index (χ2v) is 16.6. The molecule has 5 aromatic rings. The molecule has 4 aromatic carbocycles. The number of methoxy groups -OCH3 is 1. The SMILES string of the molecule is COCCCCC1(CNC(=O)[C@H]2C[C@@H](NS(=O)(=O)c3ccccn3)CN(C(=O)OCC3c4ccccc4-c4ccccc43)C2)c2ccccc2Oc2ccccc21. The number of fused-ring (bicyclic) bond motifs is 5. The lowest BCUT2D eigenvalue weighted by molar-refractivity contribution is -0.127. The molecule has 1 saturated heterocycles. The van der Waals surface area contributed by atoms with Crippen LogP contribution >= 0.6 is 0 Å². The van der Waals surface area contributed by atoms with E-state index in [0.717, 1.165) is 64.1 Å². The number of ether oxygens (including phenoxy) is 3. The first-order valence-corrected chi connectivity index (χ1v) is 20.9. The minimum Gasteiger partial charge on any atom is -0.457 e. The normalized spacial score (nSPS) is 18.0. The van der Waals surface area contributed by atoms with Gasteiger partial charge in [-0.2, -0.15) is 0 Å². The van der Waals surface area contributed by atoms with Gasteiger partial charge in [-0.25, -0.2) is 22.9 Å². The van der Waals surface area contributed by atoms with Crippen LogP contribution in [0.2, 0.25) is 0 Å². The summed E-state index contributed by atoms with van der Waals surface area (Å²) in [5.41, 5.74) is 5.72. The van der Waals surface area contributed by atoms with E-state index in [1.54, 1.807) is 19.2 Å². The molecule has 1 aliphatic carbocycles. The van der Waals surface area contributed by atoms with Crippen LogP contribution in [0, 0.1) is 5.92 Å². The first-order chi connectivity index (χ1) is 27.8. The molecule has 2 atom stereocenters. The summed E-state index contributed by atoms with van der Waals surface area (Å²) in [5, 5.41) is 3.12. The highest BCUT2D eigenvalue weighted by atomic mass is 32.2. The van der Waals surface area contributed by atoms with Crippen molar-refractivity contribution in [3.8, 4) is 22.6 Å². The van der Waals surface area contributed by atoms with Crippen LogP contribution in [-0.4, -0.2) is 76.3 Å². The number of nitrogens with zero attached hydrogens (tertiary/aromatic N) is 2. The van der Waals surface area contributed by atoms with Gasteiger partial charge in [0, 0.05) is 68.0 Å². The summed E-state index contributed by atoms with van der Waals surface area (Å²) in [5.74, 6) is 0.284. The number of amides is 2. The van der Waals surface area contributed by atoms with Gasteiger partial charge in [-0.1, -0.05) is 91.0 Å². The highest BCUT2D eigenvalue weighted by Gasteiger charge is 2.43. The molecule has 0 radical (unpaired) electrons. The third kappa shape index (κ3) is 7.77. The summed E-state index contributed by atoms with van der Waals surface area (Å²) in [6, 6.07) is 35.9. The number of hydrogen-bond acceptors (Lipinski definition) is 8. The molecular weight excluding hydrogens is 741 g/mol. The van der Waals surface area contributed by atoms with Crippen molar-refractivity contribution in [3.63, 3.8) is 0 Å². The number of piperidine rings is 1. The van der Waals surface area contributed by atoms with Crippen molar-refractivity contribution in [2.75, 3.05) is 40.0 Å². The predicted molar refractivity (Wildman–Crippen MR) is 216 cm³/mol. The van der Waals surface area contributed by atoms with Gasteiger partial charge in [0.25, 0.3) is 10.0 Å². The first-order valence-electron chi connectivity index (χ1n) is 19.4. The van der Waals surface area contributed by atoms with Gasteiger partial charge in [0.05, 0.1) is 5.92 Å². The lowest BCUT2D eigenvalue weighted by atomic mass is 9.69. The van der Waals surface area contributed by atoms with Crippen molar-refractivity contribution in [3.05, 3.63) is 144 Å². The Morgan fingerprint density at radius 1 is 0.825 bits per heavy atom. The van der Waals surface area contributed by atoms with E-state index in [1.807, 2.05) is 60.7 Å². The summed E-state index contributed by atoms with van der Waals surface area (Å²) in [4.78, 5) is 33.9. The molecule has 0 bridgehead atoms. The van der Waals surface area contributed by atoms with Gasteiger partial charge in [0.15, 0.2) is 5.03 Å². The molecule has 2 amide bonds. The summed E-state index contributed by atoms with van der Waals surface area (Å²) < 4.78 is 47.5. The standard InChI is InChI=1S/C45H46N4O7S/c1-54-25-13-11-23-45(38-18-6-8-20-40(38)56-41-21-9-7-19-39(41)45)30-47-43(50)31-26-32(48-57(52,53)42-22-10-12-24-46-42)28-49(27-31)44(51)55-29-37-35-16-4-2-14-33(35)34-15-3-5-17-36(34)37/h2-10,12,14-22,24,31-32,37,48H,11,13,23,25-30H2,1H3,(H,47,50)/t31-,32+/m0/s1. The zero-order chi connectivity index (χ0) is 39.4. The predicted octanol–water partition coefficient (Wildman–Crippen LogP) is 7.02. The molecule has 1 fully saturated rings. The lowest BCUT2D eigenvalue weighted by Crippen LogP contribution is -2.56. The third-order valence-electron chi connectivity index (χ3n) is 11.4. The molecule has 1 aromatic heterocycles. The number of benzene rings is 4. The van der Waals surface area contributed by atoms with Crippen molar-refractivity contribution < 1.29 is 32.2 Å². The number of carbonyl (C=O) groups is 2. The van der Waals surface area contributed by atoms with E-state index in [1.165, 1.54) is 17.2 Å². The summed E-state index contributed by atoms with van der Waals surface area (Å²) >= 11 is 0. The molecule has 0 unspecified atom stereocenters. The first kappa shape index (κ1) is 38.3. The Kier molecular flexibility index (Phi) is 11.1. The maximum atomic E-state index is 14.4. The highest BCUT2D eigenvalue weighted by molar-refractivity contribution is 7.89. The van der Waals surface area contributed by atoms with Gasteiger partial charge in [0.2, 0.25) is 5.91 Å². The lowest BCUT2D eigenvalue weighted by Gasteiger charge is -2.41. The quantitative estimate of drug-likeness (QED) is 0.122. The number of para-hydroxylation sites is 2. The summed E-state index contributed by atoms with van der Waals surface area (Å²) in [6.07, 6.45) is 3.36. The Balaban J connectivity index is 1.05. The van der Waals surface area contributed by atoms with Gasteiger partial charge in [-0.3, -0.25) is 4.79 Å².